The molecule has 1 saturated heterocycles. The molecule has 0 aliphatic carbocycles. The molecule has 1 aliphatic heterocycles. The number of aliphatic hydroxyl groups is 2. The average molecular weight is 336 g/mol. The third-order valence-corrected chi connectivity index (χ3v) is 4.14. The Hall–Kier alpha value is -1.93. The number of ether oxygens (including phenoxy) is 3. The lowest BCUT2D eigenvalue weighted by Crippen LogP contribution is -2.63. The minimum Gasteiger partial charge on any atom is -0.462 e. The third kappa shape index (κ3) is 3.03. The highest BCUT2D eigenvalue weighted by Crippen LogP contribution is 2.33. The molecule has 7 nitrogen and oxygen atoms in total. The summed E-state index contributed by atoms with van der Waals surface area (Å²) < 4.78 is 21.7. The molecule has 0 bridgehead atoms. The van der Waals surface area contributed by atoms with Crippen molar-refractivity contribution < 1.29 is 28.8 Å². The van der Waals surface area contributed by atoms with E-state index in [-0.39, 0.29) is 0 Å². The Morgan fingerprint density at radius 3 is 2.54 bits per heavy atom. The maximum atomic E-state index is 11.3. The quantitative estimate of drug-likeness (QED) is 0.808. The SMILES string of the molecule is CO[C@@H]1[C@@H](O)[C@@H](O)[C@H](Oc2ccc3ccc(=O)oc3c2)OC1(C)C. The van der Waals surface area contributed by atoms with Gasteiger partial charge < -0.3 is 28.8 Å². The largest absolute Gasteiger partial charge is 0.462 e. The molecule has 2 aromatic rings. The van der Waals surface area contributed by atoms with Crippen LogP contribution < -0.4 is 10.4 Å². The van der Waals surface area contributed by atoms with E-state index in [1.54, 1.807) is 32.0 Å². The van der Waals surface area contributed by atoms with Crippen LogP contribution in [0.5, 0.6) is 5.75 Å². The van der Waals surface area contributed by atoms with Crippen LogP contribution in [0.25, 0.3) is 11.0 Å². The van der Waals surface area contributed by atoms with Crippen molar-refractivity contribution in [1.82, 2.24) is 0 Å². The topological polar surface area (TPSA) is 98.4 Å². The van der Waals surface area contributed by atoms with Crippen molar-refractivity contribution in [3.8, 4) is 5.75 Å². The fourth-order valence-corrected chi connectivity index (χ4v) is 2.95. The summed E-state index contributed by atoms with van der Waals surface area (Å²) in [6, 6.07) is 7.91. The van der Waals surface area contributed by atoms with Gasteiger partial charge in [0.15, 0.2) is 0 Å². The van der Waals surface area contributed by atoms with E-state index >= 15 is 0 Å². The molecule has 0 saturated carbocycles. The Balaban J connectivity index is 1.86. The van der Waals surface area contributed by atoms with Gasteiger partial charge in [-0.25, -0.2) is 4.79 Å². The van der Waals surface area contributed by atoms with Crippen molar-refractivity contribution in [2.75, 3.05) is 7.11 Å². The number of hydrogen-bond acceptors (Lipinski definition) is 7. The van der Waals surface area contributed by atoms with Crippen LogP contribution in [0.3, 0.4) is 0 Å². The monoisotopic (exact) mass is 336 g/mol. The lowest BCUT2D eigenvalue weighted by molar-refractivity contribution is -0.305. The second kappa shape index (κ2) is 6.18. The zero-order valence-electron chi connectivity index (χ0n) is 13.6. The van der Waals surface area contributed by atoms with Crippen LogP contribution >= 0.6 is 0 Å². The molecule has 1 aromatic carbocycles. The molecule has 1 aromatic heterocycles. The Bertz CT molecular complexity index is 782. The highest BCUT2D eigenvalue weighted by Gasteiger charge is 2.50. The van der Waals surface area contributed by atoms with Crippen LogP contribution in [0, 0.1) is 0 Å². The predicted molar refractivity (Wildman–Crippen MR) is 84.9 cm³/mol. The van der Waals surface area contributed by atoms with Crippen molar-refractivity contribution in [3.05, 3.63) is 40.8 Å². The number of fused-ring (bicyclic) bond motifs is 1. The summed E-state index contributed by atoms with van der Waals surface area (Å²) in [5.74, 6) is 0.347. The highest BCUT2D eigenvalue weighted by atomic mass is 16.7. The molecule has 0 spiro atoms. The van der Waals surface area contributed by atoms with E-state index in [2.05, 4.69) is 0 Å². The highest BCUT2D eigenvalue weighted by molar-refractivity contribution is 5.77. The Morgan fingerprint density at radius 2 is 1.83 bits per heavy atom. The standard InChI is InChI=1S/C17H20O7/c1-17(2)15(21-3)13(19)14(20)16(24-17)22-10-6-4-9-5-7-12(18)23-11(9)8-10/h4-8,13-16,19-20H,1-3H3/t13-,14+,15+,16+/m0/s1. The van der Waals surface area contributed by atoms with Crippen LogP contribution in [-0.2, 0) is 9.47 Å². The van der Waals surface area contributed by atoms with Gasteiger partial charge in [0, 0.05) is 24.6 Å². The first-order valence-corrected chi connectivity index (χ1v) is 7.59. The second-order valence-corrected chi connectivity index (χ2v) is 6.30. The van der Waals surface area contributed by atoms with Gasteiger partial charge in [-0.05, 0) is 32.0 Å². The third-order valence-electron chi connectivity index (χ3n) is 4.14. The number of benzene rings is 1. The summed E-state index contributed by atoms with van der Waals surface area (Å²) in [5, 5.41) is 21.2. The Morgan fingerprint density at radius 1 is 1.12 bits per heavy atom. The number of methoxy groups -OCH3 is 1. The maximum Gasteiger partial charge on any atom is 0.336 e. The normalized spacial score (nSPS) is 29.5. The maximum absolute atomic E-state index is 11.3. The molecule has 0 radical (unpaired) electrons. The van der Waals surface area contributed by atoms with Crippen LogP contribution in [0.15, 0.2) is 39.5 Å². The van der Waals surface area contributed by atoms with Gasteiger partial charge >= 0.3 is 5.63 Å². The lowest BCUT2D eigenvalue weighted by atomic mass is 9.89. The van der Waals surface area contributed by atoms with Gasteiger partial charge in [0.05, 0.1) is 5.60 Å². The number of aliphatic hydroxyl groups excluding tert-OH is 2. The van der Waals surface area contributed by atoms with E-state index in [9.17, 15) is 15.0 Å². The van der Waals surface area contributed by atoms with Crippen LogP contribution in [0.2, 0.25) is 0 Å². The molecule has 130 valence electrons. The van der Waals surface area contributed by atoms with Crippen LogP contribution in [-0.4, -0.2) is 47.5 Å². The summed E-state index contributed by atoms with van der Waals surface area (Å²) in [6.45, 7) is 3.48. The first kappa shape index (κ1) is 16.9. The van der Waals surface area contributed by atoms with Crippen molar-refractivity contribution in [2.24, 2.45) is 0 Å². The molecule has 2 N–H and O–H groups in total. The predicted octanol–water partition coefficient (Wildman–Crippen LogP) is 1.04. The summed E-state index contributed by atoms with van der Waals surface area (Å²) in [5.41, 5.74) is -0.963. The molecule has 0 amide bonds. The molecule has 0 unspecified atom stereocenters. The Labute approximate surface area is 138 Å². The first-order valence-electron chi connectivity index (χ1n) is 7.59. The van der Waals surface area contributed by atoms with Gasteiger partial charge in [0.2, 0.25) is 6.29 Å². The van der Waals surface area contributed by atoms with E-state index in [0.29, 0.717) is 11.3 Å². The van der Waals surface area contributed by atoms with Gasteiger partial charge in [-0.3, -0.25) is 0 Å². The first-order chi connectivity index (χ1) is 11.3. The summed E-state index contributed by atoms with van der Waals surface area (Å²) >= 11 is 0. The van der Waals surface area contributed by atoms with Crippen LogP contribution in [0.1, 0.15) is 13.8 Å². The lowest BCUT2D eigenvalue weighted by Gasteiger charge is -2.46. The van der Waals surface area contributed by atoms with Crippen molar-refractivity contribution in [3.63, 3.8) is 0 Å². The second-order valence-electron chi connectivity index (χ2n) is 6.30. The zero-order valence-corrected chi connectivity index (χ0v) is 13.6. The molecule has 7 heteroatoms. The smallest absolute Gasteiger partial charge is 0.336 e. The fraction of sp³-hybridized carbons (Fsp3) is 0.471. The van der Waals surface area contributed by atoms with Crippen molar-refractivity contribution in [1.29, 1.82) is 0 Å². The number of hydrogen-bond donors (Lipinski definition) is 2. The van der Waals surface area contributed by atoms with E-state index in [4.69, 9.17) is 18.6 Å². The summed E-state index contributed by atoms with van der Waals surface area (Å²) in [7, 11) is 1.44. The molecular weight excluding hydrogens is 316 g/mol. The van der Waals surface area contributed by atoms with E-state index in [1.807, 2.05) is 0 Å². The van der Waals surface area contributed by atoms with Gasteiger partial charge in [-0.15, -0.1) is 0 Å². The molecule has 4 atom stereocenters. The zero-order chi connectivity index (χ0) is 17.5. The van der Waals surface area contributed by atoms with Gasteiger partial charge in [-0.1, -0.05) is 0 Å². The molecule has 3 rings (SSSR count). The number of rotatable bonds is 3. The average Bonchev–Trinajstić information content (AvgIpc) is 2.52. The minimum atomic E-state index is -1.29. The molecule has 1 aliphatic rings. The van der Waals surface area contributed by atoms with E-state index < -0.39 is 35.8 Å². The van der Waals surface area contributed by atoms with Gasteiger partial charge in [0.1, 0.15) is 29.6 Å². The Kier molecular flexibility index (Phi) is 4.35. The minimum absolute atomic E-state index is 0.347. The van der Waals surface area contributed by atoms with Crippen molar-refractivity contribution in [2.45, 2.75) is 44.1 Å². The fourth-order valence-electron chi connectivity index (χ4n) is 2.95. The van der Waals surface area contributed by atoms with E-state index in [1.165, 1.54) is 19.2 Å². The van der Waals surface area contributed by atoms with Gasteiger partial charge in [0.25, 0.3) is 0 Å². The van der Waals surface area contributed by atoms with E-state index in [0.717, 1.165) is 5.39 Å². The molecular formula is C17H20O7. The van der Waals surface area contributed by atoms with Crippen LogP contribution in [0.4, 0.5) is 0 Å². The molecule has 1 fully saturated rings. The molecule has 24 heavy (non-hydrogen) atoms. The van der Waals surface area contributed by atoms with Crippen molar-refractivity contribution >= 4 is 11.0 Å². The molecule has 2 heterocycles. The van der Waals surface area contributed by atoms with Gasteiger partial charge in [-0.2, -0.15) is 0 Å². The summed E-state index contributed by atoms with van der Waals surface area (Å²) in [6.07, 6.45) is -4.24. The summed E-state index contributed by atoms with van der Waals surface area (Å²) in [4.78, 5) is 11.3.